The zero-order valence-electron chi connectivity index (χ0n) is 24.7. The summed E-state index contributed by atoms with van der Waals surface area (Å²) in [4.78, 5) is 48.7. The van der Waals surface area contributed by atoms with E-state index in [0.29, 0.717) is 79.7 Å². The molecule has 11 heteroatoms. The van der Waals surface area contributed by atoms with E-state index in [1.165, 1.54) is 0 Å². The summed E-state index contributed by atoms with van der Waals surface area (Å²) in [5.74, 6) is 0.0403. The third-order valence-electron chi connectivity index (χ3n) is 8.37. The summed E-state index contributed by atoms with van der Waals surface area (Å²) in [7, 11) is 0. The van der Waals surface area contributed by atoms with Gasteiger partial charge >= 0.3 is 0 Å². The summed E-state index contributed by atoms with van der Waals surface area (Å²) in [6.45, 7) is 7.85. The first-order chi connectivity index (χ1) is 20.8. The first-order valence-corrected chi connectivity index (χ1v) is 14.8. The molecule has 2 bridgehead atoms. The number of aromatic nitrogens is 3. The molecular formula is C32H36N6O5. The molecule has 0 radical (unpaired) electrons. The fourth-order valence-corrected chi connectivity index (χ4v) is 6.05. The molecule has 0 unspecified atom stereocenters. The fourth-order valence-electron chi connectivity index (χ4n) is 6.05. The Labute approximate surface area is 249 Å². The number of rotatable bonds is 3. The topological polar surface area (TPSA) is 122 Å². The van der Waals surface area contributed by atoms with Crippen LogP contribution in [0.1, 0.15) is 62.7 Å². The van der Waals surface area contributed by atoms with Crippen molar-refractivity contribution in [3.05, 3.63) is 82.6 Å². The number of likely N-dealkylation sites (tertiary alicyclic amines) is 1. The Bertz CT molecular complexity index is 1680. The van der Waals surface area contributed by atoms with Gasteiger partial charge in [0.2, 0.25) is 5.91 Å². The number of aryl methyl sites for hydroxylation is 3. The number of hydrogen-bond acceptors (Lipinski definition) is 7. The van der Waals surface area contributed by atoms with Crippen molar-refractivity contribution in [2.75, 3.05) is 39.3 Å². The van der Waals surface area contributed by atoms with Crippen LogP contribution in [-0.4, -0.2) is 81.4 Å². The lowest BCUT2D eigenvalue weighted by Gasteiger charge is -2.24. The SMILES string of the molecule is CCc1noc(C)c1C(=O)N1CCCNC(=O)[C@H]2CN(C(=O)c3cn4ccc(C)cc4n3)C[C@@H]2c2cccc(c2)OCC1. The molecule has 2 atom stereocenters. The van der Waals surface area contributed by atoms with Crippen LogP contribution in [0.4, 0.5) is 0 Å². The Hall–Kier alpha value is -4.67. The minimum absolute atomic E-state index is 0.115. The van der Waals surface area contributed by atoms with Gasteiger partial charge in [-0.25, -0.2) is 4.98 Å². The molecule has 11 nitrogen and oxygen atoms in total. The number of hydrogen-bond donors (Lipinski definition) is 1. The molecule has 2 aliphatic rings. The second-order valence-electron chi connectivity index (χ2n) is 11.3. The van der Waals surface area contributed by atoms with Gasteiger partial charge in [0.05, 0.1) is 18.2 Å². The Morgan fingerprint density at radius 3 is 2.72 bits per heavy atom. The quantitative estimate of drug-likeness (QED) is 0.392. The number of amides is 3. The third-order valence-corrected chi connectivity index (χ3v) is 8.37. The van der Waals surface area contributed by atoms with Crippen LogP contribution < -0.4 is 10.1 Å². The van der Waals surface area contributed by atoms with Gasteiger partial charge in [-0.1, -0.05) is 24.2 Å². The molecule has 6 rings (SSSR count). The predicted molar refractivity (Wildman–Crippen MR) is 158 cm³/mol. The molecule has 3 aromatic heterocycles. The van der Waals surface area contributed by atoms with Gasteiger partial charge < -0.3 is 28.8 Å². The number of nitrogens with one attached hydrogen (secondary N) is 1. The van der Waals surface area contributed by atoms with E-state index in [1.54, 1.807) is 22.9 Å². The summed E-state index contributed by atoms with van der Waals surface area (Å²) in [5.41, 5.74) is 4.18. The Morgan fingerprint density at radius 2 is 1.88 bits per heavy atom. The van der Waals surface area contributed by atoms with Crippen molar-refractivity contribution in [2.24, 2.45) is 5.92 Å². The van der Waals surface area contributed by atoms with E-state index < -0.39 is 5.92 Å². The van der Waals surface area contributed by atoms with Crippen LogP contribution in [0.5, 0.6) is 5.75 Å². The number of nitrogens with zero attached hydrogens (tertiary/aromatic N) is 5. The number of benzene rings is 1. The van der Waals surface area contributed by atoms with Gasteiger partial charge in [-0.3, -0.25) is 14.4 Å². The molecule has 5 heterocycles. The first kappa shape index (κ1) is 28.4. The Morgan fingerprint density at radius 1 is 1.05 bits per heavy atom. The van der Waals surface area contributed by atoms with E-state index in [1.807, 2.05) is 60.8 Å². The van der Waals surface area contributed by atoms with Gasteiger partial charge in [-0.2, -0.15) is 0 Å². The number of pyridine rings is 1. The number of fused-ring (bicyclic) bond motifs is 5. The number of ether oxygens (including phenoxy) is 1. The minimum Gasteiger partial charge on any atom is -0.492 e. The van der Waals surface area contributed by atoms with Crippen LogP contribution in [0.15, 0.2) is 53.3 Å². The Balaban J connectivity index is 1.22. The minimum atomic E-state index is -0.439. The second-order valence-corrected chi connectivity index (χ2v) is 11.3. The molecule has 0 aliphatic carbocycles. The van der Waals surface area contributed by atoms with E-state index in [2.05, 4.69) is 15.5 Å². The molecule has 1 N–H and O–H groups in total. The van der Waals surface area contributed by atoms with Crippen molar-refractivity contribution in [1.29, 1.82) is 0 Å². The van der Waals surface area contributed by atoms with Crippen LogP contribution >= 0.6 is 0 Å². The van der Waals surface area contributed by atoms with E-state index >= 15 is 0 Å². The van der Waals surface area contributed by atoms with Crippen molar-refractivity contribution < 1.29 is 23.6 Å². The molecule has 2 aliphatic heterocycles. The normalized spacial score (nSPS) is 19.5. The highest BCUT2D eigenvalue weighted by Gasteiger charge is 2.41. The average Bonchev–Trinajstić information content (AvgIpc) is 3.73. The zero-order chi connectivity index (χ0) is 30.1. The smallest absolute Gasteiger partial charge is 0.274 e. The zero-order valence-corrected chi connectivity index (χ0v) is 24.7. The lowest BCUT2D eigenvalue weighted by molar-refractivity contribution is -0.124. The summed E-state index contributed by atoms with van der Waals surface area (Å²) < 4.78 is 13.3. The lowest BCUT2D eigenvalue weighted by atomic mass is 9.88. The number of imidazole rings is 1. The molecule has 1 saturated heterocycles. The highest BCUT2D eigenvalue weighted by atomic mass is 16.5. The maximum atomic E-state index is 13.6. The third kappa shape index (κ3) is 5.71. The molecule has 0 saturated carbocycles. The molecule has 43 heavy (non-hydrogen) atoms. The van der Waals surface area contributed by atoms with Gasteiger partial charge in [0.1, 0.15) is 35.0 Å². The molecule has 1 fully saturated rings. The highest BCUT2D eigenvalue weighted by molar-refractivity contribution is 5.96. The van der Waals surface area contributed by atoms with E-state index in [0.717, 1.165) is 11.1 Å². The van der Waals surface area contributed by atoms with Gasteiger partial charge in [-0.05, 0) is 62.1 Å². The summed E-state index contributed by atoms with van der Waals surface area (Å²) in [6, 6.07) is 11.6. The number of carbonyl (C=O) groups excluding carboxylic acids is 3. The molecular weight excluding hydrogens is 548 g/mol. The molecule has 224 valence electrons. The van der Waals surface area contributed by atoms with Crippen molar-refractivity contribution in [3.8, 4) is 5.75 Å². The summed E-state index contributed by atoms with van der Waals surface area (Å²) in [6.07, 6.45) is 4.78. The van der Waals surface area contributed by atoms with Gasteiger partial charge in [0.15, 0.2) is 0 Å². The first-order valence-electron chi connectivity index (χ1n) is 14.8. The Kier molecular flexibility index (Phi) is 7.88. The van der Waals surface area contributed by atoms with Crippen LogP contribution in [0.3, 0.4) is 0 Å². The maximum absolute atomic E-state index is 13.6. The van der Waals surface area contributed by atoms with Crippen LogP contribution in [0.25, 0.3) is 5.65 Å². The summed E-state index contributed by atoms with van der Waals surface area (Å²) in [5, 5.41) is 7.12. The summed E-state index contributed by atoms with van der Waals surface area (Å²) >= 11 is 0. The van der Waals surface area contributed by atoms with Gasteiger partial charge in [0.25, 0.3) is 11.8 Å². The molecule has 1 aromatic carbocycles. The fraction of sp³-hybridized carbons (Fsp3) is 0.406. The van der Waals surface area contributed by atoms with Crippen molar-refractivity contribution >= 4 is 23.4 Å². The van der Waals surface area contributed by atoms with E-state index in [4.69, 9.17) is 9.26 Å². The van der Waals surface area contributed by atoms with Gasteiger partial charge in [0, 0.05) is 44.5 Å². The van der Waals surface area contributed by atoms with E-state index in [9.17, 15) is 14.4 Å². The maximum Gasteiger partial charge on any atom is 0.274 e. The van der Waals surface area contributed by atoms with Crippen LogP contribution in [0.2, 0.25) is 0 Å². The largest absolute Gasteiger partial charge is 0.492 e. The average molecular weight is 585 g/mol. The monoisotopic (exact) mass is 584 g/mol. The van der Waals surface area contributed by atoms with Gasteiger partial charge in [-0.15, -0.1) is 0 Å². The van der Waals surface area contributed by atoms with E-state index in [-0.39, 0.29) is 30.2 Å². The predicted octanol–water partition coefficient (Wildman–Crippen LogP) is 3.40. The van der Waals surface area contributed by atoms with Crippen molar-refractivity contribution in [1.82, 2.24) is 29.7 Å². The highest BCUT2D eigenvalue weighted by Crippen LogP contribution is 2.35. The van der Waals surface area contributed by atoms with Crippen molar-refractivity contribution in [3.63, 3.8) is 0 Å². The van der Waals surface area contributed by atoms with Crippen LogP contribution in [-0.2, 0) is 11.2 Å². The van der Waals surface area contributed by atoms with Crippen LogP contribution in [0, 0.1) is 19.8 Å². The molecule has 0 spiro atoms. The molecule has 3 amide bonds. The standard InChI is InChI=1S/C32H36N6O5/c1-4-26-29(21(3)43-35-26)32(41)36-11-6-10-33-30(39)25-18-38(17-24(25)22-7-5-8-23(16-22)42-14-13-36)31(40)27-19-37-12-9-20(2)15-28(37)34-27/h5,7-9,12,15-16,19,24-25H,4,6,10-11,13-14,17-18H2,1-3H3,(H,33,39)/t24-,25+/m1/s1. The molecule has 4 aromatic rings. The van der Waals surface area contributed by atoms with Crippen molar-refractivity contribution in [2.45, 2.75) is 39.5 Å². The second kappa shape index (κ2) is 11.9. The number of carbonyl (C=O) groups is 3. The lowest BCUT2D eigenvalue weighted by Crippen LogP contribution is -2.39.